The van der Waals surface area contributed by atoms with Crippen molar-refractivity contribution in [2.45, 2.75) is 0 Å². The summed E-state index contributed by atoms with van der Waals surface area (Å²) in [7, 11) is 2.51. The van der Waals surface area contributed by atoms with Gasteiger partial charge < -0.3 is 9.47 Å². The van der Waals surface area contributed by atoms with Crippen molar-refractivity contribution in [1.29, 1.82) is 0 Å². The molecule has 5 nitrogen and oxygen atoms in total. The molecule has 0 aromatic carbocycles. The van der Waals surface area contributed by atoms with Crippen LogP contribution < -0.4 is 0 Å². The molecule has 0 unspecified atom stereocenters. The van der Waals surface area contributed by atoms with E-state index in [1.54, 1.807) is 0 Å². The second-order valence-electron chi connectivity index (χ2n) is 2.66. The number of rotatable bonds is 1. The Morgan fingerprint density at radius 2 is 2.06 bits per heavy atom. The minimum atomic E-state index is -0.662. The van der Waals surface area contributed by atoms with E-state index in [0.717, 1.165) is 0 Å². The van der Waals surface area contributed by atoms with Crippen LogP contribution in [0.1, 0.15) is 16.1 Å². The molecule has 0 radical (unpaired) electrons. The summed E-state index contributed by atoms with van der Waals surface area (Å²) >= 11 is 0. The predicted molar refractivity (Wildman–Crippen MR) is 54.5 cm³/mol. The Morgan fingerprint density at radius 3 is 2.69 bits per heavy atom. The number of ether oxygens (including phenoxy) is 2. The van der Waals surface area contributed by atoms with Crippen molar-refractivity contribution in [3.8, 4) is 11.8 Å². The predicted octanol–water partition coefficient (Wildman–Crippen LogP) is 0.393. The van der Waals surface area contributed by atoms with E-state index in [0.29, 0.717) is 11.3 Å². The van der Waals surface area contributed by atoms with E-state index in [9.17, 15) is 9.59 Å². The summed E-state index contributed by atoms with van der Waals surface area (Å²) < 4.78 is 8.87. The summed E-state index contributed by atoms with van der Waals surface area (Å²) in [5.41, 5.74) is 0.625. The molecule has 0 bridgehead atoms. The van der Waals surface area contributed by atoms with E-state index < -0.39 is 11.9 Å². The van der Waals surface area contributed by atoms with Crippen LogP contribution in [0.15, 0.2) is 18.3 Å². The molecule has 0 amide bonds. The van der Waals surface area contributed by atoms with Crippen LogP contribution in [0, 0.1) is 11.8 Å². The highest BCUT2D eigenvalue weighted by molar-refractivity contribution is 5.90. The number of methoxy groups -OCH3 is 2. The Morgan fingerprint density at radius 1 is 1.31 bits per heavy atom. The van der Waals surface area contributed by atoms with Gasteiger partial charge in [0, 0.05) is 12.1 Å². The van der Waals surface area contributed by atoms with E-state index >= 15 is 0 Å². The van der Waals surface area contributed by atoms with Crippen molar-refractivity contribution in [2.24, 2.45) is 0 Å². The third-order valence-electron chi connectivity index (χ3n) is 1.66. The van der Waals surface area contributed by atoms with Gasteiger partial charge in [0.2, 0.25) is 0 Å². The zero-order chi connectivity index (χ0) is 12.0. The molecule has 0 N–H and O–H groups in total. The molecule has 0 aliphatic carbocycles. The van der Waals surface area contributed by atoms with Crippen molar-refractivity contribution >= 4 is 11.9 Å². The van der Waals surface area contributed by atoms with Crippen molar-refractivity contribution in [3.63, 3.8) is 0 Å². The zero-order valence-corrected chi connectivity index (χ0v) is 8.81. The maximum Gasteiger partial charge on any atom is 0.384 e. The lowest BCUT2D eigenvalue weighted by molar-refractivity contribution is -0.133. The minimum absolute atomic E-state index is 0.299. The molecule has 0 aliphatic heterocycles. The number of esters is 2. The molecule has 82 valence electrons. The quantitative estimate of drug-likeness (QED) is 0.505. The van der Waals surface area contributed by atoms with Gasteiger partial charge in [-0.1, -0.05) is 0 Å². The van der Waals surface area contributed by atoms with E-state index in [2.05, 4.69) is 26.3 Å². The summed E-state index contributed by atoms with van der Waals surface area (Å²) in [5, 5.41) is 0. The van der Waals surface area contributed by atoms with Crippen LogP contribution in [0.5, 0.6) is 0 Å². The first-order valence-electron chi connectivity index (χ1n) is 4.31. The lowest BCUT2D eigenvalue weighted by Gasteiger charge is -1.97. The molecular formula is C11H9NO4. The Hall–Kier alpha value is -2.35. The highest BCUT2D eigenvalue weighted by atomic mass is 16.5. The molecule has 0 saturated carbocycles. The summed E-state index contributed by atoms with van der Waals surface area (Å²) in [6.07, 6.45) is 1.41. The molecule has 0 aliphatic rings. The van der Waals surface area contributed by atoms with Crippen molar-refractivity contribution in [2.75, 3.05) is 14.2 Å². The molecule has 0 spiro atoms. The first-order valence-corrected chi connectivity index (χ1v) is 4.31. The second kappa shape index (κ2) is 5.51. The Bertz CT molecular complexity index is 470. The summed E-state index contributed by atoms with van der Waals surface area (Å²) in [6, 6.07) is 2.93. The molecule has 1 aromatic rings. The van der Waals surface area contributed by atoms with Gasteiger partial charge in [-0.25, -0.2) is 14.6 Å². The molecule has 1 rings (SSSR count). The average Bonchev–Trinajstić information content (AvgIpc) is 2.35. The summed E-state index contributed by atoms with van der Waals surface area (Å²) in [4.78, 5) is 25.8. The number of pyridine rings is 1. The van der Waals surface area contributed by atoms with Crippen LogP contribution >= 0.6 is 0 Å². The zero-order valence-electron chi connectivity index (χ0n) is 8.81. The Kier molecular flexibility index (Phi) is 4.04. The lowest BCUT2D eigenvalue weighted by atomic mass is 10.2. The molecule has 16 heavy (non-hydrogen) atoms. The van der Waals surface area contributed by atoms with E-state index in [4.69, 9.17) is 0 Å². The fraction of sp³-hybridized carbons (Fsp3) is 0.182. The SMILES string of the molecule is COC(=O)C#Cc1cc(C(=O)OC)ccn1. The van der Waals surface area contributed by atoms with Gasteiger partial charge in [-0.2, -0.15) is 0 Å². The first kappa shape index (κ1) is 11.7. The highest BCUT2D eigenvalue weighted by Crippen LogP contribution is 2.02. The molecule has 0 saturated heterocycles. The minimum Gasteiger partial charge on any atom is -0.465 e. The highest BCUT2D eigenvalue weighted by Gasteiger charge is 2.05. The Labute approximate surface area is 92.4 Å². The Balaban J connectivity index is 2.93. The fourth-order valence-corrected chi connectivity index (χ4v) is 0.910. The largest absolute Gasteiger partial charge is 0.465 e. The van der Waals surface area contributed by atoms with Crippen LogP contribution in [0.4, 0.5) is 0 Å². The molecule has 1 aromatic heterocycles. The maximum absolute atomic E-state index is 11.2. The van der Waals surface area contributed by atoms with Crippen LogP contribution in [0.2, 0.25) is 0 Å². The lowest BCUT2D eigenvalue weighted by Crippen LogP contribution is -2.02. The van der Waals surface area contributed by atoms with Crippen molar-refractivity contribution in [3.05, 3.63) is 29.6 Å². The number of hydrogen-bond acceptors (Lipinski definition) is 5. The van der Waals surface area contributed by atoms with Crippen LogP contribution in [0.25, 0.3) is 0 Å². The van der Waals surface area contributed by atoms with Gasteiger partial charge in [-0.15, -0.1) is 0 Å². The number of aromatic nitrogens is 1. The second-order valence-corrected chi connectivity index (χ2v) is 2.66. The van der Waals surface area contributed by atoms with Crippen molar-refractivity contribution in [1.82, 2.24) is 4.98 Å². The molecular weight excluding hydrogens is 210 g/mol. The molecule has 1 heterocycles. The van der Waals surface area contributed by atoms with Crippen LogP contribution in [0.3, 0.4) is 0 Å². The third-order valence-corrected chi connectivity index (χ3v) is 1.66. The first-order chi connectivity index (χ1) is 7.67. The van der Waals surface area contributed by atoms with Crippen LogP contribution in [-0.2, 0) is 14.3 Å². The fourth-order valence-electron chi connectivity index (χ4n) is 0.910. The van der Waals surface area contributed by atoms with Crippen molar-refractivity contribution < 1.29 is 19.1 Å². The van der Waals surface area contributed by atoms with Crippen LogP contribution in [-0.4, -0.2) is 31.1 Å². The van der Waals surface area contributed by atoms with Gasteiger partial charge in [0.05, 0.1) is 19.8 Å². The van der Waals surface area contributed by atoms with Gasteiger partial charge in [0.15, 0.2) is 0 Å². The van der Waals surface area contributed by atoms with Gasteiger partial charge in [-0.3, -0.25) is 0 Å². The van der Waals surface area contributed by atoms with Gasteiger partial charge >= 0.3 is 11.9 Å². The molecule has 0 atom stereocenters. The number of nitrogens with zero attached hydrogens (tertiary/aromatic N) is 1. The third kappa shape index (κ3) is 3.10. The number of carbonyl (C=O) groups is 2. The van der Waals surface area contributed by atoms with Gasteiger partial charge in [-0.05, 0) is 18.1 Å². The van der Waals surface area contributed by atoms with Gasteiger partial charge in [0.1, 0.15) is 5.69 Å². The van der Waals surface area contributed by atoms with E-state index in [1.807, 2.05) is 0 Å². The van der Waals surface area contributed by atoms with Gasteiger partial charge in [0.25, 0.3) is 0 Å². The normalized spacial score (nSPS) is 8.62. The maximum atomic E-state index is 11.2. The topological polar surface area (TPSA) is 65.5 Å². The van der Waals surface area contributed by atoms with E-state index in [-0.39, 0.29) is 0 Å². The molecule has 5 heteroatoms. The summed E-state index contributed by atoms with van der Waals surface area (Å²) in [5.74, 6) is 3.53. The monoisotopic (exact) mass is 219 g/mol. The standard InChI is InChI=1S/C11H9NO4/c1-15-10(13)4-3-9-7-8(5-6-12-9)11(14)16-2/h5-7H,1-2H3. The van der Waals surface area contributed by atoms with E-state index in [1.165, 1.54) is 32.5 Å². The number of hydrogen-bond donors (Lipinski definition) is 0. The number of carbonyl (C=O) groups excluding carboxylic acids is 2. The smallest absolute Gasteiger partial charge is 0.384 e. The average molecular weight is 219 g/mol. The summed E-state index contributed by atoms with van der Waals surface area (Å²) in [6.45, 7) is 0. The molecule has 0 fully saturated rings.